The number of anilines is 1. The summed E-state index contributed by atoms with van der Waals surface area (Å²) < 4.78 is 2.56. The summed E-state index contributed by atoms with van der Waals surface area (Å²) in [6, 6.07) is 9.76. The number of aryl methyl sites for hydroxylation is 1. The summed E-state index contributed by atoms with van der Waals surface area (Å²) in [5.74, 6) is -0.290. The number of hydrogen-bond donors (Lipinski definition) is 3. The van der Waals surface area contributed by atoms with Crippen LogP contribution in [0.5, 0.6) is 0 Å². The minimum Gasteiger partial charge on any atom is -0.351 e. The van der Waals surface area contributed by atoms with Crippen molar-refractivity contribution >= 4 is 33.3 Å². The molecule has 0 radical (unpaired) electrons. The van der Waals surface area contributed by atoms with Gasteiger partial charge in [-0.05, 0) is 23.9 Å². The van der Waals surface area contributed by atoms with E-state index in [-0.39, 0.29) is 17.1 Å². The predicted molar refractivity (Wildman–Crippen MR) is 84.8 cm³/mol. The van der Waals surface area contributed by atoms with E-state index in [2.05, 4.69) is 15.4 Å². The number of nitrogens with one attached hydrogen (secondary N) is 1. The van der Waals surface area contributed by atoms with Crippen LogP contribution in [-0.4, -0.2) is 37.6 Å². The van der Waals surface area contributed by atoms with Crippen molar-refractivity contribution < 1.29 is 15.2 Å². The van der Waals surface area contributed by atoms with Crippen LogP contribution in [0, 0.1) is 0 Å². The molecule has 2 heterocycles. The molecule has 3 N–H and O–H groups in total. The van der Waals surface area contributed by atoms with Crippen molar-refractivity contribution in [2.75, 3.05) is 11.8 Å². The maximum Gasteiger partial charge on any atom is 0.295 e. The maximum atomic E-state index is 12.1. The fourth-order valence-corrected chi connectivity index (χ4v) is 3.09. The highest BCUT2D eigenvalue weighted by molar-refractivity contribution is 7.20. The van der Waals surface area contributed by atoms with Crippen molar-refractivity contribution in [2.45, 2.75) is 13.0 Å². The molecule has 1 aromatic carbocycles. The number of nitrogens with zero attached hydrogens (tertiary/aromatic N) is 4. The second kappa shape index (κ2) is 6.73. The molecule has 8 nitrogen and oxygen atoms in total. The molecule has 0 bridgehead atoms. The fourth-order valence-electron chi connectivity index (χ4n) is 2.11. The van der Waals surface area contributed by atoms with Crippen LogP contribution in [0.4, 0.5) is 5.95 Å². The van der Waals surface area contributed by atoms with Gasteiger partial charge in [0.05, 0.1) is 4.88 Å². The number of benzene rings is 1. The van der Waals surface area contributed by atoms with Gasteiger partial charge in [-0.25, -0.2) is 0 Å². The third-order valence-corrected chi connectivity index (χ3v) is 4.32. The Morgan fingerprint density at radius 2 is 2.17 bits per heavy atom. The first kappa shape index (κ1) is 15.4. The average Bonchev–Trinajstić information content (AvgIpc) is 3.17. The molecule has 120 valence electrons. The number of rotatable bonds is 6. The first-order valence-corrected chi connectivity index (χ1v) is 7.79. The third-order valence-electron chi connectivity index (χ3n) is 3.20. The summed E-state index contributed by atoms with van der Waals surface area (Å²) in [5, 5.41) is 25.1. The summed E-state index contributed by atoms with van der Waals surface area (Å²) in [7, 11) is 0. The number of fused-ring (bicyclic) bond motifs is 1. The highest BCUT2D eigenvalue weighted by Gasteiger charge is 2.09. The van der Waals surface area contributed by atoms with Gasteiger partial charge < -0.3 is 5.32 Å². The van der Waals surface area contributed by atoms with Crippen LogP contribution >= 0.6 is 11.3 Å². The third kappa shape index (κ3) is 3.65. The second-order valence-corrected chi connectivity index (χ2v) is 5.94. The number of thiophene rings is 1. The predicted octanol–water partition coefficient (Wildman–Crippen LogP) is 1.90. The lowest BCUT2D eigenvalue weighted by molar-refractivity contribution is 0.0241. The molecule has 9 heteroatoms. The Morgan fingerprint density at radius 3 is 2.91 bits per heavy atom. The van der Waals surface area contributed by atoms with E-state index < -0.39 is 0 Å². The molecule has 0 saturated heterocycles. The van der Waals surface area contributed by atoms with Gasteiger partial charge >= 0.3 is 0 Å². The summed E-state index contributed by atoms with van der Waals surface area (Å²) in [6.07, 6.45) is 2.04. The number of hydrogen-bond acceptors (Lipinski definition) is 7. The number of amides is 1. The molecule has 0 fully saturated rings. The van der Waals surface area contributed by atoms with Crippen LogP contribution in [-0.2, 0) is 6.54 Å². The molecule has 3 aromatic rings. The first-order valence-electron chi connectivity index (χ1n) is 6.97. The molecule has 1 amide bonds. The lowest BCUT2D eigenvalue weighted by Gasteiger charge is -2.04. The first-order chi connectivity index (χ1) is 11.1. The Hall–Kier alpha value is -2.49. The Kier molecular flexibility index (Phi) is 4.51. The summed E-state index contributed by atoms with van der Waals surface area (Å²) in [5.41, 5.74) is 0. The van der Waals surface area contributed by atoms with Gasteiger partial charge in [-0.3, -0.25) is 19.9 Å². The van der Waals surface area contributed by atoms with Gasteiger partial charge in [-0.1, -0.05) is 23.4 Å². The normalized spacial score (nSPS) is 10.9. The van der Waals surface area contributed by atoms with Gasteiger partial charge in [0.2, 0.25) is 0 Å². The molecular formula is C14H15N5O3S. The van der Waals surface area contributed by atoms with Crippen molar-refractivity contribution in [3.05, 3.63) is 41.5 Å². The van der Waals surface area contributed by atoms with Crippen LogP contribution in [0.3, 0.4) is 0 Å². The van der Waals surface area contributed by atoms with Crippen LogP contribution in [0.1, 0.15) is 16.1 Å². The van der Waals surface area contributed by atoms with Crippen LogP contribution in [0.2, 0.25) is 0 Å². The number of aromatic nitrogens is 3. The van der Waals surface area contributed by atoms with Gasteiger partial charge in [-0.2, -0.15) is 4.98 Å². The van der Waals surface area contributed by atoms with E-state index >= 15 is 0 Å². The van der Waals surface area contributed by atoms with Crippen LogP contribution in [0.25, 0.3) is 10.1 Å². The van der Waals surface area contributed by atoms with Gasteiger partial charge in [0.1, 0.15) is 6.33 Å². The lowest BCUT2D eigenvalue weighted by Crippen LogP contribution is -2.24. The van der Waals surface area contributed by atoms with E-state index in [1.54, 1.807) is 0 Å². The Bertz CT molecular complexity index is 780. The zero-order valence-electron chi connectivity index (χ0n) is 12.1. The smallest absolute Gasteiger partial charge is 0.295 e. The Labute approximate surface area is 135 Å². The zero-order valence-corrected chi connectivity index (χ0v) is 12.9. The zero-order chi connectivity index (χ0) is 16.2. The second-order valence-electron chi connectivity index (χ2n) is 4.86. The summed E-state index contributed by atoms with van der Waals surface area (Å²) in [6.45, 7) is 0.998. The van der Waals surface area contributed by atoms with Crippen LogP contribution in [0.15, 0.2) is 36.7 Å². The molecule has 0 spiro atoms. The molecule has 0 aliphatic rings. The van der Waals surface area contributed by atoms with Gasteiger partial charge in [0.25, 0.3) is 11.9 Å². The molecule has 2 aromatic heterocycles. The molecule has 0 aliphatic heterocycles. The average molecular weight is 333 g/mol. The minimum atomic E-state index is -0.195. The van der Waals surface area contributed by atoms with Crippen molar-refractivity contribution in [3.8, 4) is 0 Å². The molecule has 0 aliphatic carbocycles. The van der Waals surface area contributed by atoms with Gasteiger partial charge in [0, 0.05) is 17.8 Å². The van der Waals surface area contributed by atoms with E-state index in [9.17, 15) is 4.79 Å². The SMILES string of the molecule is O=C(NCCCn1cnc(N(O)O)n1)c1cc2ccccc2s1. The van der Waals surface area contributed by atoms with E-state index in [0.29, 0.717) is 24.4 Å². The molecule has 3 rings (SSSR count). The van der Waals surface area contributed by atoms with Gasteiger partial charge in [-0.15, -0.1) is 16.4 Å². The molecule has 0 saturated carbocycles. The highest BCUT2D eigenvalue weighted by atomic mass is 32.1. The van der Waals surface area contributed by atoms with Crippen molar-refractivity contribution in [1.29, 1.82) is 0 Å². The monoisotopic (exact) mass is 333 g/mol. The van der Waals surface area contributed by atoms with E-state index in [0.717, 1.165) is 10.1 Å². The van der Waals surface area contributed by atoms with E-state index in [1.807, 2.05) is 30.3 Å². The van der Waals surface area contributed by atoms with E-state index in [1.165, 1.54) is 22.3 Å². The van der Waals surface area contributed by atoms with Crippen molar-refractivity contribution in [1.82, 2.24) is 20.1 Å². The molecular weight excluding hydrogens is 318 g/mol. The Balaban J connectivity index is 1.49. The van der Waals surface area contributed by atoms with Crippen molar-refractivity contribution in [3.63, 3.8) is 0 Å². The molecule has 0 unspecified atom stereocenters. The lowest BCUT2D eigenvalue weighted by atomic mass is 10.2. The largest absolute Gasteiger partial charge is 0.351 e. The molecule has 0 atom stereocenters. The quantitative estimate of drug-likeness (QED) is 0.470. The number of carbonyl (C=O) groups excluding carboxylic acids is 1. The highest BCUT2D eigenvalue weighted by Crippen LogP contribution is 2.24. The fraction of sp³-hybridized carbons (Fsp3) is 0.214. The van der Waals surface area contributed by atoms with Crippen LogP contribution < -0.4 is 10.5 Å². The topological polar surface area (TPSA) is 104 Å². The Morgan fingerprint density at radius 1 is 1.35 bits per heavy atom. The van der Waals surface area contributed by atoms with Crippen molar-refractivity contribution in [2.24, 2.45) is 0 Å². The standard InChI is InChI=1S/C14H15N5O3S/c20-13(12-8-10-4-1-2-5-11(10)23-12)15-6-3-7-18-9-16-14(17-18)19(21)22/h1-2,4-5,8-9,21-22H,3,6-7H2,(H,15,20). The van der Waals surface area contributed by atoms with Gasteiger partial charge in [0.15, 0.2) is 0 Å². The van der Waals surface area contributed by atoms with E-state index in [4.69, 9.17) is 10.4 Å². The molecule has 23 heavy (non-hydrogen) atoms. The minimum absolute atomic E-state index is 0.0950. The summed E-state index contributed by atoms with van der Waals surface area (Å²) >= 11 is 1.47. The summed E-state index contributed by atoms with van der Waals surface area (Å²) in [4.78, 5) is 16.5. The number of carbonyl (C=O) groups is 1. The maximum absolute atomic E-state index is 12.1.